The van der Waals surface area contributed by atoms with Crippen molar-refractivity contribution in [2.75, 3.05) is 0 Å². The minimum atomic E-state index is 0.0277. The summed E-state index contributed by atoms with van der Waals surface area (Å²) in [6.07, 6.45) is 0.563. The zero-order chi connectivity index (χ0) is 13.0. The molecule has 0 atom stereocenters. The summed E-state index contributed by atoms with van der Waals surface area (Å²) in [6, 6.07) is 11.1. The first kappa shape index (κ1) is 12.8. The normalized spacial score (nSPS) is 10.2. The van der Waals surface area contributed by atoms with E-state index in [-0.39, 0.29) is 24.4 Å². The Labute approximate surface area is 111 Å². The predicted octanol–water partition coefficient (Wildman–Crippen LogP) is 1.85. The van der Waals surface area contributed by atoms with Crippen molar-refractivity contribution in [3.63, 3.8) is 0 Å². The average molecular weight is 256 g/mol. The molecule has 0 aliphatic heterocycles. The van der Waals surface area contributed by atoms with Crippen LogP contribution in [0.5, 0.6) is 0 Å². The number of Topliss-reactive ketones (excluding diaryl/α,β-unsaturated/α-hetero) is 2. The molecule has 0 radical (unpaired) electrons. The monoisotopic (exact) mass is 256 g/mol. The third kappa shape index (κ3) is 3.17. The Bertz CT molecular complexity index is 544. The zero-order valence-corrected chi connectivity index (χ0v) is 11.0. The Kier molecular flexibility index (Phi) is 4.10. The fraction of sp³-hybridized carbons (Fsp3) is 0.143. The molecule has 18 heavy (non-hydrogen) atoms. The van der Waals surface area contributed by atoms with Gasteiger partial charge in [-0.25, -0.2) is 0 Å². The van der Waals surface area contributed by atoms with E-state index in [1.807, 2.05) is 43.6 Å². The lowest BCUT2D eigenvalue weighted by Crippen LogP contribution is -2.07. The molecule has 2 nitrogen and oxygen atoms in total. The first-order valence-corrected chi connectivity index (χ1v) is 6.71. The van der Waals surface area contributed by atoms with Crippen molar-refractivity contribution in [2.45, 2.75) is 12.8 Å². The van der Waals surface area contributed by atoms with Crippen molar-refractivity contribution in [3.8, 4) is 0 Å². The molecule has 0 saturated carbocycles. The number of benzene rings is 1. The van der Waals surface area contributed by atoms with E-state index in [9.17, 15) is 9.59 Å². The molecule has 0 unspecified atom stereocenters. The second-order valence-electron chi connectivity index (χ2n) is 4.19. The second kappa shape index (κ2) is 5.78. The molecule has 4 heteroatoms. The van der Waals surface area contributed by atoms with E-state index in [0.29, 0.717) is 5.56 Å². The first-order valence-electron chi connectivity index (χ1n) is 5.83. The van der Waals surface area contributed by atoms with Gasteiger partial charge in [0.05, 0.1) is 4.88 Å². The minimum Gasteiger partial charge on any atom is -0.294 e. The molecule has 0 fully saturated rings. The van der Waals surface area contributed by atoms with Crippen molar-refractivity contribution >= 4 is 36.2 Å². The highest BCUT2D eigenvalue weighted by Gasteiger charge is 2.11. The van der Waals surface area contributed by atoms with Crippen LogP contribution in [0.3, 0.4) is 0 Å². The van der Waals surface area contributed by atoms with Crippen LogP contribution in [0.1, 0.15) is 32.9 Å². The van der Waals surface area contributed by atoms with E-state index in [0.717, 1.165) is 10.3 Å². The van der Waals surface area contributed by atoms with Gasteiger partial charge < -0.3 is 0 Å². The summed E-state index contributed by atoms with van der Waals surface area (Å²) in [6.45, 7) is 0. The number of carbonyl (C=O) groups excluding carboxylic acids is 2. The maximum Gasteiger partial charge on any atom is 0.173 e. The van der Waals surface area contributed by atoms with Crippen LogP contribution >= 0.6 is 11.3 Å². The van der Waals surface area contributed by atoms with Crippen molar-refractivity contribution in [1.29, 1.82) is 0 Å². The van der Waals surface area contributed by atoms with E-state index >= 15 is 0 Å². The van der Waals surface area contributed by atoms with Crippen molar-refractivity contribution in [3.05, 3.63) is 52.2 Å². The Morgan fingerprint density at radius 2 is 1.67 bits per heavy atom. The van der Waals surface area contributed by atoms with Crippen molar-refractivity contribution in [1.82, 2.24) is 0 Å². The van der Waals surface area contributed by atoms with Crippen LogP contribution < -0.4 is 5.46 Å². The van der Waals surface area contributed by atoms with Gasteiger partial charge in [-0.3, -0.25) is 9.59 Å². The molecule has 0 spiro atoms. The smallest absolute Gasteiger partial charge is 0.173 e. The fourth-order valence-corrected chi connectivity index (χ4v) is 2.37. The maximum absolute atomic E-state index is 11.9. The van der Waals surface area contributed by atoms with Crippen LogP contribution in [0.2, 0.25) is 0 Å². The molecule has 0 aliphatic rings. The van der Waals surface area contributed by atoms with E-state index in [1.165, 1.54) is 11.3 Å². The lowest BCUT2D eigenvalue weighted by Gasteiger charge is -2.01. The molecule has 0 saturated heterocycles. The molecule has 0 amide bonds. The number of hydrogen-bond donors (Lipinski definition) is 0. The van der Waals surface area contributed by atoms with Gasteiger partial charge in [0, 0.05) is 18.4 Å². The van der Waals surface area contributed by atoms with Crippen LogP contribution in [-0.2, 0) is 0 Å². The van der Waals surface area contributed by atoms with Crippen LogP contribution in [0.25, 0.3) is 0 Å². The summed E-state index contributed by atoms with van der Waals surface area (Å²) in [4.78, 5) is 24.4. The Balaban J connectivity index is 1.92. The van der Waals surface area contributed by atoms with Crippen LogP contribution in [0, 0.1) is 0 Å². The van der Waals surface area contributed by atoms with Gasteiger partial charge >= 0.3 is 0 Å². The molecular weight excluding hydrogens is 243 g/mol. The highest BCUT2D eigenvalue weighted by atomic mass is 32.1. The number of hydrogen-bond acceptors (Lipinski definition) is 3. The SMILES string of the molecule is Bc1ccc(C(=O)CCC(=O)c2cccs2)cc1. The lowest BCUT2D eigenvalue weighted by molar-refractivity contribution is 0.0919. The number of rotatable bonds is 5. The van der Waals surface area contributed by atoms with Crippen LogP contribution in [-0.4, -0.2) is 19.4 Å². The summed E-state index contributed by atoms with van der Waals surface area (Å²) in [5, 5.41) is 1.87. The molecule has 0 aliphatic carbocycles. The summed E-state index contributed by atoms with van der Waals surface area (Å²) in [7, 11) is 1.98. The van der Waals surface area contributed by atoms with E-state index in [2.05, 4.69) is 0 Å². The van der Waals surface area contributed by atoms with Gasteiger partial charge in [-0.05, 0) is 11.4 Å². The maximum atomic E-state index is 11.9. The fourth-order valence-electron chi connectivity index (χ4n) is 1.67. The van der Waals surface area contributed by atoms with Gasteiger partial charge in [0.2, 0.25) is 0 Å². The third-order valence-corrected chi connectivity index (χ3v) is 3.66. The summed E-state index contributed by atoms with van der Waals surface area (Å²) >= 11 is 1.42. The standard InChI is InChI=1S/C14H13BO2S/c15-11-5-3-10(4-6-11)12(16)7-8-13(17)14-2-1-9-18-14/h1-6,9H,7-8,15H2. The van der Waals surface area contributed by atoms with E-state index < -0.39 is 0 Å². The minimum absolute atomic E-state index is 0.0277. The topological polar surface area (TPSA) is 34.1 Å². The molecule has 0 N–H and O–H groups in total. The first-order chi connectivity index (χ1) is 8.66. The van der Waals surface area contributed by atoms with Crippen LogP contribution in [0.4, 0.5) is 0 Å². The van der Waals surface area contributed by atoms with Crippen LogP contribution in [0.15, 0.2) is 41.8 Å². The van der Waals surface area contributed by atoms with Crippen molar-refractivity contribution < 1.29 is 9.59 Å². The quantitative estimate of drug-likeness (QED) is 0.604. The largest absolute Gasteiger partial charge is 0.294 e. The molecule has 2 aromatic rings. The molecule has 1 heterocycles. The van der Waals surface area contributed by atoms with Gasteiger partial charge in [-0.1, -0.05) is 35.8 Å². The van der Waals surface area contributed by atoms with Gasteiger partial charge in [-0.2, -0.15) is 0 Å². The van der Waals surface area contributed by atoms with Gasteiger partial charge in [0.25, 0.3) is 0 Å². The van der Waals surface area contributed by atoms with Gasteiger partial charge in [0.1, 0.15) is 7.85 Å². The molecule has 2 rings (SSSR count). The molecule has 0 bridgehead atoms. The highest BCUT2D eigenvalue weighted by Crippen LogP contribution is 2.13. The third-order valence-electron chi connectivity index (χ3n) is 2.75. The summed E-state index contributed by atoms with van der Waals surface area (Å²) in [5.74, 6) is 0.0744. The van der Waals surface area contributed by atoms with E-state index in [4.69, 9.17) is 0 Å². The lowest BCUT2D eigenvalue weighted by atomic mass is 9.94. The predicted molar refractivity (Wildman–Crippen MR) is 76.8 cm³/mol. The number of ketones is 2. The highest BCUT2D eigenvalue weighted by molar-refractivity contribution is 7.12. The Hall–Kier alpha value is -1.68. The number of carbonyl (C=O) groups is 2. The molecule has 1 aromatic carbocycles. The molecule has 90 valence electrons. The van der Waals surface area contributed by atoms with Gasteiger partial charge in [0.15, 0.2) is 11.6 Å². The average Bonchev–Trinajstić information content (AvgIpc) is 2.90. The van der Waals surface area contributed by atoms with E-state index in [1.54, 1.807) is 6.07 Å². The van der Waals surface area contributed by atoms with Gasteiger partial charge in [-0.15, -0.1) is 11.3 Å². The second-order valence-corrected chi connectivity index (χ2v) is 5.14. The number of thiophene rings is 1. The Morgan fingerprint density at radius 1 is 1.00 bits per heavy atom. The summed E-state index contributed by atoms with van der Waals surface area (Å²) in [5.41, 5.74) is 1.81. The van der Waals surface area contributed by atoms with Crippen molar-refractivity contribution in [2.24, 2.45) is 0 Å². The summed E-state index contributed by atoms with van der Waals surface area (Å²) < 4.78 is 0. The molecular formula is C14H13BO2S. The molecule has 1 aromatic heterocycles. The zero-order valence-electron chi connectivity index (χ0n) is 10.2. The Morgan fingerprint density at radius 3 is 2.28 bits per heavy atom.